The molecule has 200 valence electrons. The first-order chi connectivity index (χ1) is 17.6. The average Bonchev–Trinajstić information content (AvgIpc) is 3.37. The van der Waals surface area contributed by atoms with Crippen molar-refractivity contribution in [2.24, 2.45) is 5.73 Å². The fourth-order valence-corrected chi connectivity index (χ4v) is 6.09. The Morgan fingerprint density at radius 1 is 1.08 bits per heavy atom. The minimum absolute atomic E-state index is 0.0502. The minimum Gasteiger partial charge on any atom is -0.480 e. The van der Waals surface area contributed by atoms with Gasteiger partial charge in [-0.05, 0) is 44.6 Å². The molecule has 0 aliphatic carbocycles. The number of nitrogens with two attached hydrogens (primary N) is 1. The molecule has 2 aromatic rings. The molecule has 4 unspecified atom stereocenters. The number of carboxylic acid groups (broad SMARTS) is 1. The third-order valence-corrected chi connectivity index (χ3v) is 8.40. The highest BCUT2D eigenvalue weighted by atomic mass is 31.2. The Balaban J connectivity index is 1.87. The van der Waals surface area contributed by atoms with E-state index in [0.717, 1.165) is 5.56 Å². The van der Waals surface area contributed by atoms with Crippen LogP contribution in [0.1, 0.15) is 54.9 Å². The molecule has 0 bridgehead atoms. The fraction of sp³-hybridized carbons (Fsp3) is 0.444. The second-order valence-electron chi connectivity index (χ2n) is 9.58. The smallest absolute Gasteiger partial charge is 0.332 e. The van der Waals surface area contributed by atoms with Crippen molar-refractivity contribution >= 4 is 25.3 Å². The Morgan fingerprint density at radius 2 is 1.70 bits per heavy atom. The van der Waals surface area contributed by atoms with Gasteiger partial charge in [-0.2, -0.15) is 0 Å². The summed E-state index contributed by atoms with van der Waals surface area (Å²) >= 11 is 0. The van der Waals surface area contributed by atoms with E-state index in [1.54, 1.807) is 61.5 Å². The number of carbonyl (C=O) groups excluding carboxylic acids is 2. The van der Waals surface area contributed by atoms with Gasteiger partial charge in [0.05, 0.1) is 5.66 Å². The van der Waals surface area contributed by atoms with Crippen LogP contribution in [0.2, 0.25) is 0 Å². The van der Waals surface area contributed by atoms with Crippen LogP contribution in [0, 0.1) is 0 Å². The van der Waals surface area contributed by atoms with Crippen LogP contribution in [0.15, 0.2) is 60.7 Å². The topological polar surface area (TPSA) is 147 Å². The second-order valence-corrected chi connectivity index (χ2v) is 11.6. The molecule has 37 heavy (non-hydrogen) atoms. The summed E-state index contributed by atoms with van der Waals surface area (Å²) in [6.45, 7) is 1.97. The summed E-state index contributed by atoms with van der Waals surface area (Å²) in [4.78, 5) is 50.4. The molecule has 9 nitrogen and oxygen atoms in total. The minimum atomic E-state index is -4.55. The quantitative estimate of drug-likeness (QED) is 0.263. The van der Waals surface area contributed by atoms with Gasteiger partial charge in [-0.3, -0.25) is 18.7 Å². The number of Topliss-reactive ketones (excluding diaryl/α,β-unsaturated/α-hetero) is 1. The Hall–Kier alpha value is -2.84. The number of aliphatic carboxylic acids is 1. The van der Waals surface area contributed by atoms with Gasteiger partial charge in [-0.1, -0.05) is 60.7 Å². The number of carboxylic acids is 1. The van der Waals surface area contributed by atoms with Crippen molar-refractivity contribution in [2.45, 2.75) is 69.3 Å². The first-order valence-electron chi connectivity index (χ1n) is 12.5. The number of likely N-dealkylation sites (tertiary alicyclic amines) is 1. The molecule has 0 spiro atoms. The average molecular weight is 531 g/mol. The van der Waals surface area contributed by atoms with Crippen LogP contribution in [-0.2, 0) is 25.1 Å². The molecule has 0 radical (unpaired) electrons. The van der Waals surface area contributed by atoms with E-state index >= 15 is 0 Å². The molecule has 1 saturated heterocycles. The first-order valence-corrected chi connectivity index (χ1v) is 14.1. The van der Waals surface area contributed by atoms with E-state index in [4.69, 9.17) is 10.3 Å². The van der Waals surface area contributed by atoms with Crippen LogP contribution in [0.3, 0.4) is 0 Å². The molecule has 3 rings (SSSR count). The van der Waals surface area contributed by atoms with Gasteiger partial charge in [0, 0.05) is 24.6 Å². The lowest BCUT2D eigenvalue weighted by Gasteiger charge is -2.30. The summed E-state index contributed by atoms with van der Waals surface area (Å²) in [5, 5.41) is 9.53. The molecular weight excluding hydrogens is 495 g/mol. The molecule has 4 N–H and O–H groups in total. The predicted octanol–water partition coefficient (Wildman–Crippen LogP) is 3.64. The van der Waals surface area contributed by atoms with E-state index in [-0.39, 0.29) is 37.6 Å². The maximum Gasteiger partial charge on any atom is 0.332 e. The summed E-state index contributed by atoms with van der Waals surface area (Å²) in [5.41, 5.74) is 5.92. The summed E-state index contributed by atoms with van der Waals surface area (Å²) in [6, 6.07) is 16.2. The highest BCUT2D eigenvalue weighted by Crippen LogP contribution is 2.52. The van der Waals surface area contributed by atoms with Crippen LogP contribution >= 0.6 is 7.60 Å². The van der Waals surface area contributed by atoms with E-state index in [9.17, 15) is 28.9 Å². The Labute approximate surface area is 217 Å². The molecular formula is C27H35N2O7P. The van der Waals surface area contributed by atoms with Crippen LogP contribution in [-0.4, -0.2) is 63.0 Å². The predicted molar refractivity (Wildman–Crippen MR) is 139 cm³/mol. The largest absolute Gasteiger partial charge is 0.480 e. The summed E-state index contributed by atoms with van der Waals surface area (Å²) < 4.78 is 19.4. The third-order valence-electron chi connectivity index (χ3n) is 6.55. The van der Waals surface area contributed by atoms with E-state index in [2.05, 4.69) is 0 Å². The Morgan fingerprint density at radius 3 is 2.30 bits per heavy atom. The molecule has 0 saturated carbocycles. The lowest BCUT2D eigenvalue weighted by molar-refractivity contribution is -0.151. The second kappa shape index (κ2) is 13.1. The van der Waals surface area contributed by atoms with Crippen molar-refractivity contribution in [3.63, 3.8) is 0 Å². The number of rotatable bonds is 13. The zero-order valence-electron chi connectivity index (χ0n) is 20.9. The van der Waals surface area contributed by atoms with Crippen molar-refractivity contribution in [1.82, 2.24) is 4.90 Å². The van der Waals surface area contributed by atoms with E-state index in [1.807, 2.05) is 6.07 Å². The van der Waals surface area contributed by atoms with Crippen molar-refractivity contribution in [2.75, 3.05) is 6.54 Å². The summed E-state index contributed by atoms with van der Waals surface area (Å²) in [7, 11) is -4.55. The monoisotopic (exact) mass is 530 g/mol. The van der Waals surface area contributed by atoms with Gasteiger partial charge in [-0.15, -0.1) is 0 Å². The van der Waals surface area contributed by atoms with Gasteiger partial charge in [0.1, 0.15) is 12.1 Å². The molecule has 1 aliphatic rings. The number of benzene rings is 2. The van der Waals surface area contributed by atoms with E-state index in [0.29, 0.717) is 24.8 Å². The number of hydrogen-bond donors (Lipinski definition) is 3. The third kappa shape index (κ3) is 8.07. The van der Waals surface area contributed by atoms with Gasteiger partial charge < -0.3 is 20.6 Å². The zero-order valence-corrected chi connectivity index (χ0v) is 21.8. The van der Waals surface area contributed by atoms with Gasteiger partial charge in [-0.25, -0.2) is 4.79 Å². The molecule has 10 heteroatoms. The van der Waals surface area contributed by atoms with Crippen molar-refractivity contribution < 1.29 is 33.5 Å². The van der Waals surface area contributed by atoms with Gasteiger partial charge in [0.15, 0.2) is 5.78 Å². The summed E-state index contributed by atoms with van der Waals surface area (Å²) in [6.07, 6.45) is -0.331. The van der Waals surface area contributed by atoms with Crippen LogP contribution in [0.4, 0.5) is 0 Å². The first kappa shape index (κ1) is 28.7. The van der Waals surface area contributed by atoms with Crippen LogP contribution in [0.25, 0.3) is 0 Å². The maximum absolute atomic E-state index is 13.7. The highest BCUT2D eigenvalue weighted by Gasteiger charge is 2.42. The van der Waals surface area contributed by atoms with Gasteiger partial charge in [0.25, 0.3) is 5.91 Å². The molecule has 1 heterocycles. The molecule has 1 fully saturated rings. The van der Waals surface area contributed by atoms with Gasteiger partial charge >= 0.3 is 13.6 Å². The van der Waals surface area contributed by atoms with E-state index < -0.39 is 37.3 Å². The molecule has 1 amide bonds. The molecule has 1 aliphatic heterocycles. The van der Waals surface area contributed by atoms with Crippen molar-refractivity contribution in [3.05, 3.63) is 71.8 Å². The Kier molecular flexibility index (Phi) is 10.2. The number of carbonyl (C=O) groups is 3. The number of nitrogens with zero attached hydrogens (tertiary/aromatic N) is 1. The van der Waals surface area contributed by atoms with Gasteiger partial charge in [0.2, 0.25) is 0 Å². The SMILES string of the molecule is CC(N)CCC(OP(=O)(O)C(CC(=O)c1ccccc1)Cc1ccccc1)C(=O)N1CCC[C@H]1C(=O)O. The molecule has 5 atom stereocenters. The maximum atomic E-state index is 13.7. The lowest BCUT2D eigenvalue weighted by Crippen LogP contribution is -2.46. The summed E-state index contributed by atoms with van der Waals surface area (Å²) in [5.74, 6) is -2.09. The normalized spacial score (nSPS) is 19.5. The lowest BCUT2D eigenvalue weighted by atomic mass is 10.0. The molecule has 2 aromatic carbocycles. The van der Waals surface area contributed by atoms with Crippen LogP contribution < -0.4 is 5.73 Å². The molecule has 0 aromatic heterocycles. The van der Waals surface area contributed by atoms with Crippen molar-refractivity contribution in [1.29, 1.82) is 0 Å². The number of amides is 1. The van der Waals surface area contributed by atoms with Crippen molar-refractivity contribution in [3.8, 4) is 0 Å². The standard InChI is InChI=1S/C27H35N2O7P/c1-19(28)14-15-25(26(31)29-16-8-13-23(29)27(32)33)36-37(34,35)22(17-20-9-4-2-5-10-20)18-24(30)21-11-6-3-7-12-21/h2-7,9-12,19,22-23,25H,8,13-18,28H2,1H3,(H,32,33)(H,34,35)/t19?,22?,23-,25?/m0/s1. The van der Waals surface area contributed by atoms with E-state index in [1.165, 1.54) is 4.90 Å². The number of hydrogen-bond acceptors (Lipinski definition) is 6. The zero-order chi connectivity index (χ0) is 27.0. The highest BCUT2D eigenvalue weighted by molar-refractivity contribution is 7.53. The Bertz CT molecular complexity index is 1110. The van der Waals surface area contributed by atoms with Crippen LogP contribution in [0.5, 0.6) is 0 Å². The number of ketones is 1. The fourth-order valence-electron chi connectivity index (χ4n) is 4.52.